The van der Waals surface area contributed by atoms with Crippen LogP contribution in [0.25, 0.3) is 0 Å². The topological polar surface area (TPSA) is 29.5 Å². The van der Waals surface area contributed by atoms with Gasteiger partial charge in [0.05, 0.1) is 6.10 Å². The van der Waals surface area contributed by atoms with E-state index in [1.165, 1.54) is 16.0 Å². The number of rotatable bonds is 3. The molecule has 0 spiro atoms. The normalized spacial score (nSPS) is 24.2. The Morgan fingerprint density at radius 2 is 1.95 bits per heavy atom. The number of fused-ring (bicyclic) bond motifs is 2. The summed E-state index contributed by atoms with van der Waals surface area (Å²) < 4.78 is 5.98. The number of para-hydroxylation sites is 1. The zero-order valence-corrected chi connectivity index (χ0v) is 12.6. The maximum Gasteiger partial charge on any atom is 0.134 e. The number of hydrogen-bond acceptors (Lipinski definition) is 3. The number of ether oxygens (including phenoxy) is 1. The first-order chi connectivity index (χ1) is 10.3. The van der Waals surface area contributed by atoms with Crippen LogP contribution in [-0.2, 0) is 6.42 Å². The van der Waals surface area contributed by atoms with Gasteiger partial charge in [-0.1, -0.05) is 36.4 Å². The molecule has 108 valence electrons. The van der Waals surface area contributed by atoms with E-state index in [9.17, 15) is 5.11 Å². The zero-order valence-electron chi connectivity index (χ0n) is 11.7. The number of aliphatic hydroxyl groups is 1. The van der Waals surface area contributed by atoms with Gasteiger partial charge < -0.3 is 9.84 Å². The SMILES string of the molecule is OC(CC1Cc2ccccc21)C1CSc2ccccc2O1. The monoisotopic (exact) mass is 298 g/mol. The van der Waals surface area contributed by atoms with Crippen molar-refractivity contribution in [1.82, 2.24) is 0 Å². The van der Waals surface area contributed by atoms with Crippen molar-refractivity contribution in [2.24, 2.45) is 0 Å². The quantitative estimate of drug-likeness (QED) is 0.938. The molecule has 3 atom stereocenters. The van der Waals surface area contributed by atoms with E-state index in [0.717, 1.165) is 24.3 Å². The van der Waals surface area contributed by atoms with Crippen LogP contribution in [0, 0.1) is 0 Å². The maximum atomic E-state index is 10.5. The first kappa shape index (κ1) is 13.2. The van der Waals surface area contributed by atoms with Crippen LogP contribution in [0.15, 0.2) is 53.4 Å². The largest absolute Gasteiger partial charge is 0.486 e. The predicted octanol–water partition coefficient (Wildman–Crippen LogP) is 3.63. The fraction of sp³-hybridized carbons (Fsp3) is 0.333. The Hall–Kier alpha value is -1.45. The van der Waals surface area contributed by atoms with Crippen LogP contribution >= 0.6 is 11.8 Å². The van der Waals surface area contributed by atoms with E-state index in [1.807, 2.05) is 18.2 Å². The summed E-state index contributed by atoms with van der Waals surface area (Å²) in [7, 11) is 0. The highest BCUT2D eigenvalue weighted by molar-refractivity contribution is 7.99. The summed E-state index contributed by atoms with van der Waals surface area (Å²) in [5.74, 6) is 2.22. The molecule has 2 aliphatic rings. The highest BCUT2D eigenvalue weighted by Gasteiger charge is 2.33. The summed E-state index contributed by atoms with van der Waals surface area (Å²) in [6.07, 6.45) is 1.38. The lowest BCUT2D eigenvalue weighted by Crippen LogP contribution is -2.38. The van der Waals surface area contributed by atoms with Gasteiger partial charge >= 0.3 is 0 Å². The molecule has 0 amide bonds. The summed E-state index contributed by atoms with van der Waals surface area (Å²) in [4.78, 5) is 1.18. The average molecular weight is 298 g/mol. The lowest BCUT2D eigenvalue weighted by molar-refractivity contribution is 0.0345. The van der Waals surface area contributed by atoms with Crippen molar-refractivity contribution < 1.29 is 9.84 Å². The molecular weight excluding hydrogens is 280 g/mol. The van der Waals surface area contributed by atoms with E-state index < -0.39 is 6.10 Å². The molecule has 2 aromatic rings. The van der Waals surface area contributed by atoms with Crippen molar-refractivity contribution in [3.05, 3.63) is 59.7 Å². The molecule has 0 aromatic heterocycles. The molecule has 0 fully saturated rings. The molecule has 2 nitrogen and oxygen atoms in total. The third-order valence-corrected chi connectivity index (χ3v) is 5.59. The van der Waals surface area contributed by atoms with Crippen molar-refractivity contribution in [3.63, 3.8) is 0 Å². The Bertz CT molecular complexity index is 655. The van der Waals surface area contributed by atoms with Crippen LogP contribution in [0.3, 0.4) is 0 Å². The van der Waals surface area contributed by atoms with Crippen molar-refractivity contribution in [1.29, 1.82) is 0 Å². The third-order valence-electron chi connectivity index (χ3n) is 4.45. The fourth-order valence-corrected chi connectivity index (χ4v) is 4.31. The van der Waals surface area contributed by atoms with E-state index in [0.29, 0.717) is 5.92 Å². The first-order valence-corrected chi connectivity index (χ1v) is 8.44. The molecule has 2 aromatic carbocycles. The molecule has 0 radical (unpaired) electrons. The molecule has 1 N–H and O–H groups in total. The second-order valence-electron chi connectivity index (χ2n) is 5.82. The molecular formula is C18H18O2S. The van der Waals surface area contributed by atoms with Crippen LogP contribution in [0.1, 0.15) is 23.5 Å². The number of benzene rings is 2. The zero-order chi connectivity index (χ0) is 14.2. The van der Waals surface area contributed by atoms with Gasteiger partial charge in [-0.2, -0.15) is 0 Å². The van der Waals surface area contributed by atoms with Crippen LogP contribution in [-0.4, -0.2) is 23.1 Å². The van der Waals surface area contributed by atoms with Crippen molar-refractivity contribution in [3.8, 4) is 5.75 Å². The minimum atomic E-state index is -0.399. The van der Waals surface area contributed by atoms with Crippen LogP contribution in [0.4, 0.5) is 0 Å². The van der Waals surface area contributed by atoms with Crippen molar-refractivity contribution in [2.75, 3.05) is 5.75 Å². The Balaban J connectivity index is 1.42. The third kappa shape index (κ3) is 2.45. The van der Waals surface area contributed by atoms with Crippen LogP contribution in [0.5, 0.6) is 5.75 Å². The molecule has 1 aliphatic carbocycles. The van der Waals surface area contributed by atoms with Crippen molar-refractivity contribution in [2.45, 2.75) is 35.9 Å². The Morgan fingerprint density at radius 3 is 2.86 bits per heavy atom. The highest BCUT2D eigenvalue weighted by atomic mass is 32.2. The van der Waals surface area contributed by atoms with E-state index >= 15 is 0 Å². The van der Waals surface area contributed by atoms with Crippen LogP contribution in [0.2, 0.25) is 0 Å². The summed E-state index contributed by atoms with van der Waals surface area (Å²) in [5.41, 5.74) is 2.83. The molecule has 3 heteroatoms. The number of hydrogen-bond donors (Lipinski definition) is 1. The maximum absolute atomic E-state index is 10.5. The van der Waals surface area contributed by atoms with Gasteiger partial charge in [0.25, 0.3) is 0 Å². The van der Waals surface area contributed by atoms with Gasteiger partial charge in [-0.15, -0.1) is 11.8 Å². The van der Waals surface area contributed by atoms with Crippen LogP contribution < -0.4 is 4.74 Å². The second kappa shape index (κ2) is 5.39. The van der Waals surface area contributed by atoms with E-state index in [-0.39, 0.29) is 6.10 Å². The minimum Gasteiger partial charge on any atom is -0.486 e. The van der Waals surface area contributed by atoms with Gasteiger partial charge in [-0.05, 0) is 42.0 Å². The first-order valence-electron chi connectivity index (χ1n) is 7.45. The summed E-state index contributed by atoms with van der Waals surface area (Å²) in [6.45, 7) is 0. The van der Waals surface area contributed by atoms with E-state index in [2.05, 4.69) is 30.3 Å². The minimum absolute atomic E-state index is 0.0994. The van der Waals surface area contributed by atoms with Gasteiger partial charge in [0.1, 0.15) is 11.9 Å². The van der Waals surface area contributed by atoms with Gasteiger partial charge in [-0.3, -0.25) is 0 Å². The molecule has 1 heterocycles. The van der Waals surface area contributed by atoms with E-state index in [4.69, 9.17) is 4.74 Å². The smallest absolute Gasteiger partial charge is 0.134 e. The van der Waals surface area contributed by atoms with Gasteiger partial charge in [0.2, 0.25) is 0 Å². The lowest BCUT2D eigenvalue weighted by atomic mass is 9.74. The fourth-order valence-electron chi connectivity index (χ4n) is 3.24. The molecule has 3 unspecified atom stereocenters. The van der Waals surface area contributed by atoms with Crippen molar-refractivity contribution >= 4 is 11.8 Å². The highest BCUT2D eigenvalue weighted by Crippen LogP contribution is 2.41. The second-order valence-corrected chi connectivity index (χ2v) is 6.88. The Morgan fingerprint density at radius 1 is 1.14 bits per heavy atom. The Kier molecular flexibility index (Phi) is 3.40. The predicted molar refractivity (Wildman–Crippen MR) is 85.1 cm³/mol. The van der Waals surface area contributed by atoms with Gasteiger partial charge in [0.15, 0.2) is 0 Å². The van der Waals surface area contributed by atoms with E-state index in [1.54, 1.807) is 11.8 Å². The summed E-state index contributed by atoms with van der Waals surface area (Å²) in [5, 5.41) is 10.5. The summed E-state index contributed by atoms with van der Waals surface area (Å²) >= 11 is 1.78. The molecule has 1 aliphatic heterocycles. The number of aliphatic hydroxyl groups excluding tert-OH is 1. The Labute approximate surface area is 129 Å². The van der Waals surface area contributed by atoms with Gasteiger partial charge in [0, 0.05) is 10.6 Å². The molecule has 0 saturated heterocycles. The summed E-state index contributed by atoms with van der Waals surface area (Å²) in [6, 6.07) is 16.6. The average Bonchev–Trinajstić information content (AvgIpc) is 2.52. The van der Waals surface area contributed by atoms with Gasteiger partial charge in [-0.25, -0.2) is 0 Å². The standard InChI is InChI=1S/C18H18O2S/c19-15(10-13-9-12-5-1-2-6-14(12)13)17-11-21-18-8-4-3-7-16(18)20-17/h1-8,13,15,17,19H,9-11H2. The molecule has 4 rings (SSSR count). The number of thioether (sulfide) groups is 1. The molecule has 0 bridgehead atoms. The molecule has 0 saturated carbocycles. The lowest BCUT2D eigenvalue weighted by Gasteiger charge is -2.35. The molecule has 21 heavy (non-hydrogen) atoms.